The van der Waals surface area contributed by atoms with Crippen LogP contribution in [0.5, 0.6) is 5.75 Å². The topological polar surface area (TPSA) is 22.1 Å². The minimum absolute atomic E-state index is 0.781. The summed E-state index contributed by atoms with van der Waals surface area (Å²) in [7, 11) is 1.68. The zero-order valence-electron chi connectivity index (χ0n) is 10.6. The van der Waals surface area contributed by atoms with Crippen molar-refractivity contribution in [2.24, 2.45) is 0 Å². The minimum atomic E-state index is 0.781. The molecule has 0 saturated carbocycles. The Balaban J connectivity index is 2.14. The van der Waals surface area contributed by atoms with E-state index in [1.807, 2.05) is 12.1 Å². The molecule has 0 amide bonds. The summed E-state index contributed by atoms with van der Waals surface area (Å²) in [6.45, 7) is 2.14. The Morgan fingerprint density at radius 1 is 1.28 bits per heavy atom. The molecular formula is C14H17NOS2. The average Bonchev–Trinajstić information content (AvgIpc) is 2.81. The van der Waals surface area contributed by atoms with E-state index >= 15 is 0 Å². The fourth-order valence-corrected chi connectivity index (χ4v) is 3.26. The van der Waals surface area contributed by atoms with Crippen molar-refractivity contribution in [3.63, 3.8) is 0 Å². The molecule has 0 N–H and O–H groups in total. The van der Waals surface area contributed by atoms with Gasteiger partial charge in [0, 0.05) is 17.1 Å². The number of benzene rings is 1. The fraction of sp³-hybridized carbons (Fsp3) is 0.357. The van der Waals surface area contributed by atoms with E-state index in [0.717, 1.165) is 24.3 Å². The summed E-state index contributed by atoms with van der Waals surface area (Å²) in [6.07, 6.45) is 1.87. The van der Waals surface area contributed by atoms with Gasteiger partial charge in [-0.15, -0.1) is 11.3 Å². The lowest BCUT2D eigenvalue weighted by molar-refractivity contribution is 0.414. The van der Waals surface area contributed by atoms with Crippen LogP contribution >= 0.6 is 24.0 Å². The molecule has 1 aromatic heterocycles. The SMILES string of the molecule is CCc1nc(Cc2ccc(OC)cc2)sc1CS. The second-order valence-corrected chi connectivity index (χ2v) is 5.50. The Bertz CT molecular complexity index is 484. The standard InChI is InChI=1S/C14H17NOS2/c1-3-12-13(9-17)18-14(15-12)8-10-4-6-11(16-2)7-5-10/h4-7,17H,3,8-9H2,1-2H3. The molecule has 4 heteroatoms. The van der Waals surface area contributed by atoms with Crippen LogP contribution in [0.4, 0.5) is 0 Å². The molecule has 0 aliphatic rings. The molecule has 0 unspecified atom stereocenters. The van der Waals surface area contributed by atoms with Gasteiger partial charge in [0.25, 0.3) is 0 Å². The zero-order chi connectivity index (χ0) is 13.0. The smallest absolute Gasteiger partial charge is 0.118 e. The number of methoxy groups -OCH3 is 1. The van der Waals surface area contributed by atoms with Crippen molar-refractivity contribution in [2.75, 3.05) is 7.11 Å². The molecule has 2 aromatic rings. The summed E-state index contributed by atoms with van der Waals surface area (Å²) in [5, 5.41) is 1.17. The largest absolute Gasteiger partial charge is 0.497 e. The maximum Gasteiger partial charge on any atom is 0.118 e. The fourth-order valence-electron chi connectivity index (χ4n) is 1.83. The normalized spacial score (nSPS) is 10.6. The van der Waals surface area contributed by atoms with E-state index in [1.54, 1.807) is 18.4 Å². The maximum atomic E-state index is 5.15. The van der Waals surface area contributed by atoms with Gasteiger partial charge in [-0.1, -0.05) is 19.1 Å². The Morgan fingerprint density at radius 3 is 2.50 bits per heavy atom. The van der Waals surface area contributed by atoms with Gasteiger partial charge in [-0.25, -0.2) is 4.98 Å². The number of thiol groups is 1. The minimum Gasteiger partial charge on any atom is -0.497 e. The summed E-state index contributed by atoms with van der Waals surface area (Å²) >= 11 is 6.12. The maximum absolute atomic E-state index is 5.15. The van der Waals surface area contributed by atoms with E-state index in [2.05, 4.69) is 36.7 Å². The first-order valence-corrected chi connectivity index (χ1v) is 7.43. The van der Waals surface area contributed by atoms with Crippen molar-refractivity contribution in [1.29, 1.82) is 0 Å². The molecule has 0 aliphatic heterocycles. The van der Waals surface area contributed by atoms with E-state index < -0.39 is 0 Å². The van der Waals surface area contributed by atoms with E-state index in [-0.39, 0.29) is 0 Å². The summed E-state index contributed by atoms with van der Waals surface area (Å²) < 4.78 is 5.15. The predicted octanol–water partition coefficient (Wildman–Crippen LogP) is 3.73. The van der Waals surface area contributed by atoms with Crippen LogP contribution in [0.25, 0.3) is 0 Å². The van der Waals surface area contributed by atoms with Gasteiger partial charge in [0.1, 0.15) is 5.75 Å². The Hall–Kier alpha value is -1.00. The van der Waals surface area contributed by atoms with Crippen LogP contribution in [0.1, 0.15) is 28.1 Å². The Morgan fingerprint density at radius 2 is 2.00 bits per heavy atom. The molecule has 96 valence electrons. The van der Waals surface area contributed by atoms with Crippen LogP contribution in [0.2, 0.25) is 0 Å². The number of rotatable bonds is 5. The molecule has 0 spiro atoms. The van der Waals surface area contributed by atoms with Crippen LogP contribution in [-0.2, 0) is 18.6 Å². The highest BCUT2D eigenvalue weighted by Gasteiger charge is 2.08. The highest BCUT2D eigenvalue weighted by atomic mass is 32.1. The number of nitrogens with zero attached hydrogens (tertiary/aromatic N) is 1. The number of ether oxygens (including phenoxy) is 1. The summed E-state index contributed by atoms with van der Waals surface area (Å²) in [6, 6.07) is 8.16. The first-order valence-electron chi connectivity index (χ1n) is 5.98. The van der Waals surface area contributed by atoms with Crippen molar-refractivity contribution in [3.8, 4) is 5.75 Å². The summed E-state index contributed by atoms with van der Waals surface area (Å²) in [4.78, 5) is 5.97. The Kier molecular flexibility index (Phi) is 4.66. The van der Waals surface area contributed by atoms with Crippen molar-refractivity contribution < 1.29 is 4.74 Å². The average molecular weight is 279 g/mol. The lowest BCUT2D eigenvalue weighted by Gasteiger charge is -2.01. The van der Waals surface area contributed by atoms with Gasteiger partial charge in [0.15, 0.2) is 0 Å². The van der Waals surface area contributed by atoms with Gasteiger partial charge < -0.3 is 4.74 Å². The van der Waals surface area contributed by atoms with Gasteiger partial charge in [-0.05, 0) is 24.1 Å². The molecule has 0 aliphatic carbocycles. The zero-order valence-corrected chi connectivity index (χ0v) is 12.4. The lowest BCUT2D eigenvalue weighted by atomic mass is 10.1. The second kappa shape index (κ2) is 6.25. The van der Waals surface area contributed by atoms with E-state index in [9.17, 15) is 0 Å². The van der Waals surface area contributed by atoms with E-state index in [1.165, 1.54) is 21.1 Å². The van der Waals surface area contributed by atoms with Gasteiger partial charge in [-0.3, -0.25) is 0 Å². The second-order valence-electron chi connectivity index (χ2n) is 4.01. The summed E-state index contributed by atoms with van der Waals surface area (Å²) in [5.74, 6) is 1.67. The molecule has 0 saturated heterocycles. The van der Waals surface area contributed by atoms with Crippen LogP contribution in [0.15, 0.2) is 24.3 Å². The monoisotopic (exact) mass is 279 g/mol. The highest BCUT2D eigenvalue weighted by Crippen LogP contribution is 2.23. The van der Waals surface area contributed by atoms with Crippen molar-refractivity contribution >= 4 is 24.0 Å². The lowest BCUT2D eigenvalue weighted by Crippen LogP contribution is -1.90. The first-order chi connectivity index (χ1) is 8.76. The number of aromatic nitrogens is 1. The number of hydrogen-bond acceptors (Lipinski definition) is 4. The third-order valence-electron chi connectivity index (χ3n) is 2.82. The van der Waals surface area contributed by atoms with Crippen molar-refractivity contribution in [3.05, 3.63) is 45.4 Å². The van der Waals surface area contributed by atoms with E-state index in [0.29, 0.717) is 0 Å². The number of hydrogen-bond donors (Lipinski definition) is 1. The number of aryl methyl sites for hydroxylation is 1. The molecule has 1 heterocycles. The molecule has 2 rings (SSSR count). The molecule has 18 heavy (non-hydrogen) atoms. The molecule has 0 radical (unpaired) electrons. The molecule has 0 fully saturated rings. The van der Waals surface area contributed by atoms with E-state index in [4.69, 9.17) is 4.74 Å². The third-order valence-corrected chi connectivity index (χ3v) is 4.44. The molecule has 0 bridgehead atoms. The Labute approximate surface area is 117 Å². The molecule has 0 atom stereocenters. The van der Waals surface area contributed by atoms with Gasteiger partial charge in [-0.2, -0.15) is 12.6 Å². The molecular weight excluding hydrogens is 262 g/mol. The number of thiazole rings is 1. The quantitative estimate of drug-likeness (QED) is 0.842. The summed E-state index contributed by atoms with van der Waals surface area (Å²) in [5.41, 5.74) is 2.46. The highest BCUT2D eigenvalue weighted by molar-refractivity contribution is 7.79. The van der Waals surface area contributed by atoms with Crippen LogP contribution in [0.3, 0.4) is 0 Å². The van der Waals surface area contributed by atoms with Gasteiger partial charge in [0.2, 0.25) is 0 Å². The van der Waals surface area contributed by atoms with Gasteiger partial charge in [0.05, 0.1) is 17.8 Å². The van der Waals surface area contributed by atoms with Gasteiger partial charge >= 0.3 is 0 Å². The molecule has 1 aromatic carbocycles. The third kappa shape index (κ3) is 3.06. The predicted molar refractivity (Wildman–Crippen MR) is 80.0 cm³/mol. The van der Waals surface area contributed by atoms with Crippen LogP contribution in [0, 0.1) is 0 Å². The molecule has 2 nitrogen and oxygen atoms in total. The van der Waals surface area contributed by atoms with Crippen molar-refractivity contribution in [2.45, 2.75) is 25.5 Å². The van der Waals surface area contributed by atoms with Crippen LogP contribution in [-0.4, -0.2) is 12.1 Å². The first kappa shape index (κ1) is 13.4. The van der Waals surface area contributed by atoms with Crippen LogP contribution < -0.4 is 4.74 Å². The van der Waals surface area contributed by atoms with Crippen molar-refractivity contribution in [1.82, 2.24) is 4.98 Å².